The van der Waals surface area contributed by atoms with Gasteiger partial charge in [0.05, 0.1) is 6.42 Å². The second-order valence-electron chi connectivity index (χ2n) is 7.79. The van der Waals surface area contributed by atoms with Crippen molar-refractivity contribution in [3.05, 3.63) is 71.8 Å². The monoisotopic (exact) mass is 348 g/mol. The quantitative estimate of drug-likeness (QED) is 0.888. The predicted molar refractivity (Wildman–Crippen MR) is 105 cm³/mol. The zero-order chi connectivity index (χ0) is 17.8. The minimum Gasteiger partial charge on any atom is -0.353 e. The van der Waals surface area contributed by atoms with Crippen LogP contribution in [0.25, 0.3) is 0 Å². The summed E-state index contributed by atoms with van der Waals surface area (Å²) < 4.78 is 0. The largest absolute Gasteiger partial charge is 0.353 e. The maximum absolute atomic E-state index is 12.4. The fraction of sp³-hybridized carbons (Fsp3) is 0.435. The summed E-state index contributed by atoms with van der Waals surface area (Å²) in [5, 5.41) is 3.31. The number of nitrogens with zero attached hydrogens (tertiary/aromatic N) is 1. The van der Waals surface area contributed by atoms with E-state index in [2.05, 4.69) is 40.5 Å². The SMILES string of the molecule is O=C(Cc1ccccc1)NC1CC2CCCC(C1)N2Cc1ccccc1. The van der Waals surface area contributed by atoms with Gasteiger partial charge >= 0.3 is 0 Å². The van der Waals surface area contributed by atoms with Crippen LogP contribution in [0.5, 0.6) is 0 Å². The van der Waals surface area contributed by atoms with Gasteiger partial charge in [-0.05, 0) is 36.8 Å². The van der Waals surface area contributed by atoms with E-state index >= 15 is 0 Å². The van der Waals surface area contributed by atoms with Gasteiger partial charge in [0.25, 0.3) is 0 Å². The summed E-state index contributed by atoms with van der Waals surface area (Å²) in [6.45, 7) is 1.04. The number of nitrogens with one attached hydrogen (secondary N) is 1. The van der Waals surface area contributed by atoms with Gasteiger partial charge in [0.15, 0.2) is 0 Å². The van der Waals surface area contributed by atoms with Gasteiger partial charge in [0.1, 0.15) is 0 Å². The molecule has 2 unspecified atom stereocenters. The highest BCUT2D eigenvalue weighted by atomic mass is 16.1. The van der Waals surface area contributed by atoms with Gasteiger partial charge in [-0.2, -0.15) is 0 Å². The van der Waals surface area contributed by atoms with Crippen molar-refractivity contribution in [2.45, 2.75) is 63.2 Å². The van der Waals surface area contributed by atoms with Crippen LogP contribution < -0.4 is 5.32 Å². The maximum atomic E-state index is 12.4. The number of benzene rings is 2. The van der Waals surface area contributed by atoms with Crippen LogP contribution in [0, 0.1) is 0 Å². The molecule has 2 aromatic rings. The molecule has 2 bridgehead atoms. The average molecular weight is 348 g/mol. The van der Waals surface area contributed by atoms with E-state index in [-0.39, 0.29) is 5.91 Å². The summed E-state index contributed by atoms with van der Waals surface area (Å²) >= 11 is 0. The van der Waals surface area contributed by atoms with Crippen molar-refractivity contribution in [2.75, 3.05) is 0 Å². The van der Waals surface area contributed by atoms with Crippen LogP contribution in [0.1, 0.15) is 43.2 Å². The van der Waals surface area contributed by atoms with Gasteiger partial charge in [0.2, 0.25) is 5.91 Å². The van der Waals surface area contributed by atoms with E-state index in [0.717, 1.165) is 24.9 Å². The number of rotatable bonds is 5. The van der Waals surface area contributed by atoms with Crippen molar-refractivity contribution < 1.29 is 4.79 Å². The Labute approximate surface area is 156 Å². The molecule has 2 saturated heterocycles. The molecule has 0 aromatic heterocycles. The van der Waals surface area contributed by atoms with Crippen molar-refractivity contribution in [3.63, 3.8) is 0 Å². The smallest absolute Gasteiger partial charge is 0.224 e. The molecule has 2 fully saturated rings. The molecule has 3 heteroatoms. The molecule has 4 rings (SSSR count). The number of amides is 1. The third-order valence-corrected chi connectivity index (χ3v) is 5.91. The number of hydrogen-bond donors (Lipinski definition) is 1. The Morgan fingerprint density at radius 1 is 0.885 bits per heavy atom. The molecule has 2 aliphatic heterocycles. The van der Waals surface area contributed by atoms with E-state index in [1.807, 2.05) is 30.3 Å². The molecule has 3 nitrogen and oxygen atoms in total. The minimum absolute atomic E-state index is 0.163. The van der Waals surface area contributed by atoms with E-state index in [0.29, 0.717) is 24.5 Å². The highest BCUT2D eigenvalue weighted by Gasteiger charge is 2.38. The molecule has 0 radical (unpaired) electrons. The molecule has 26 heavy (non-hydrogen) atoms. The number of fused-ring (bicyclic) bond motifs is 2. The lowest BCUT2D eigenvalue weighted by atomic mass is 9.81. The number of hydrogen-bond acceptors (Lipinski definition) is 2. The molecule has 0 aliphatic carbocycles. The van der Waals surface area contributed by atoms with Crippen LogP contribution in [0.4, 0.5) is 0 Å². The van der Waals surface area contributed by atoms with E-state index < -0.39 is 0 Å². The summed E-state index contributed by atoms with van der Waals surface area (Å²) in [5.74, 6) is 0.163. The molecule has 1 N–H and O–H groups in total. The molecule has 0 saturated carbocycles. The fourth-order valence-corrected chi connectivity index (χ4v) is 4.71. The molecule has 2 atom stereocenters. The van der Waals surface area contributed by atoms with Crippen molar-refractivity contribution >= 4 is 5.91 Å². The number of piperidine rings is 2. The Morgan fingerprint density at radius 3 is 2.08 bits per heavy atom. The lowest BCUT2D eigenvalue weighted by molar-refractivity contribution is -0.122. The van der Waals surface area contributed by atoms with Gasteiger partial charge in [-0.3, -0.25) is 9.69 Å². The first-order valence-corrected chi connectivity index (χ1v) is 9.91. The minimum atomic E-state index is 0.163. The summed E-state index contributed by atoms with van der Waals surface area (Å²) in [6.07, 6.45) is 6.50. The van der Waals surface area contributed by atoms with E-state index in [1.165, 1.54) is 24.8 Å². The topological polar surface area (TPSA) is 32.3 Å². The fourth-order valence-electron chi connectivity index (χ4n) is 4.71. The second kappa shape index (κ2) is 8.05. The van der Waals surface area contributed by atoms with Gasteiger partial charge < -0.3 is 5.32 Å². The number of carbonyl (C=O) groups is 1. The highest BCUT2D eigenvalue weighted by Crippen LogP contribution is 2.35. The predicted octanol–water partition coefficient (Wildman–Crippen LogP) is 3.93. The molecule has 2 aromatic carbocycles. The molecule has 1 amide bonds. The van der Waals surface area contributed by atoms with Crippen molar-refractivity contribution in [1.29, 1.82) is 0 Å². The molecular formula is C23H28N2O. The van der Waals surface area contributed by atoms with Gasteiger partial charge in [-0.25, -0.2) is 0 Å². The van der Waals surface area contributed by atoms with E-state index in [4.69, 9.17) is 0 Å². The van der Waals surface area contributed by atoms with Crippen LogP contribution in [0.3, 0.4) is 0 Å². The average Bonchev–Trinajstić information content (AvgIpc) is 2.64. The van der Waals surface area contributed by atoms with Gasteiger partial charge in [0, 0.05) is 24.7 Å². The standard InChI is InChI=1S/C23H28N2O/c26-23(14-18-8-3-1-4-9-18)24-20-15-21-12-7-13-22(16-20)25(21)17-19-10-5-2-6-11-19/h1-6,8-11,20-22H,7,12-17H2,(H,24,26). The lowest BCUT2D eigenvalue weighted by Crippen LogP contribution is -2.56. The summed E-state index contributed by atoms with van der Waals surface area (Å²) in [5.41, 5.74) is 2.49. The molecular weight excluding hydrogens is 320 g/mol. The van der Waals surface area contributed by atoms with Crippen LogP contribution >= 0.6 is 0 Å². The first-order valence-electron chi connectivity index (χ1n) is 9.91. The zero-order valence-electron chi connectivity index (χ0n) is 15.3. The van der Waals surface area contributed by atoms with Gasteiger partial charge in [-0.1, -0.05) is 67.1 Å². The summed E-state index contributed by atoms with van der Waals surface area (Å²) in [6, 6.07) is 22.3. The Morgan fingerprint density at radius 2 is 1.46 bits per heavy atom. The second-order valence-corrected chi connectivity index (χ2v) is 7.79. The first-order chi connectivity index (χ1) is 12.8. The molecule has 2 heterocycles. The third kappa shape index (κ3) is 4.16. The normalized spacial score (nSPS) is 25.6. The first kappa shape index (κ1) is 17.3. The third-order valence-electron chi connectivity index (χ3n) is 5.91. The highest BCUT2D eigenvalue weighted by molar-refractivity contribution is 5.78. The van der Waals surface area contributed by atoms with Crippen LogP contribution in [0.15, 0.2) is 60.7 Å². The molecule has 0 spiro atoms. The maximum Gasteiger partial charge on any atom is 0.224 e. The van der Waals surface area contributed by atoms with Crippen molar-refractivity contribution in [3.8, 4) is 0 Å². The Kier molecular flexibility index (Phi) is 5.35. The van der Waals surface area contributed by atoms with Crippen molar-refractivity contribution in [2.24, 2.45) is 0 Å². The van der Waals surface area contributed by atoms with E-state index in [1.54, 1.807) is 0 Å². The summed E-state index contributed by atoms with van der Waals surface area (Å²) in [7, 11) is 0. The Bertz CT molecular complexity index is 702. The van der Waals surface area contributed by atoms with Crippen molar-refractivity contribution in [1.82, 2.24) is 10.2 Å². The van der Waals surface area contributed by atoms with Crippen LogP contribution in [-0.2, 0) is 17.8 Å². The molecule has 2 aliphatic rings. The zero-order valence-corrected chi connectivity index (χ0v) is 15.3. The van der Waals surface area contributed by atoms with Gasteiger partial charge in [-0.15, -0.1) is 0 Å². The number of carbonyl (C=O) groups excluding carboxylic acids is 1. The Hall–Kier alpha value is -2.13. The van der Waals surface area contributed by atoms with Crippen LogP contribution in [-0.4, -0.2) is 28.9 Å². The van der Waals surface area contributed by atoms with E-state index in [9.17, 15) is 4.79 Å². The lowest BCUT2D eigenvalue weighted by Gasteiger charge is -2.49. The molecule has 136 valence electrons. The van der Waals surface area contributed by atoms with Crippen LogP contribution in [0.2, 0.25) is 0 Å². The summed E-state index contributed by atoms with van der Waals surface area (Å²) in [4.78, 5) is 15.1. The Balaban J connectivity index is 1.36.